The average Bonchev–Trinajstić information content (AvgIpc) is 3.07. The van der Waals surface area contributed by atoms with E-state index < -0.39 is 5.97 Å². The number of carbonyl (C=O) groups excluding carboxylic acids is 2. The highest BCUT2D eigenvalue weighted by molar-refractivity contribution is 7.17. The number of amides is 1. The first-order chi connectivity index (χ1) is 14.5. The monoisotopic (exact) mass is 425 g/mol. The molecule has 1 amide bonds. The molecule has 1 N–H and O–H groups in total. The van der Waals surface area contributed by atoms with Gasteiger partial charge in [0.05, 0.1) is 29.4 Å². The minimum atomic E-state index is -0.411. The van der Waals surface area contributed by atoms with E-state index in [1.165, 1.54) is 22.1 Å². The van der Waals surface area contributed by atoms with Gasteiger partial charge >= 0.3 is 5.97 Å². The summed E-state index contributed by atoms with van der Waals surface area (Å²) in [5, 5.41) is 3.36. The molecule has 3 aromatic rings. The quantitative estimate of drug-likeness (QED) is 0.633. The highest BCUT2D eigenvalue weighted by Gasteiger charge is 2.29. The van der Waals surface area contributed by atoms with Gasteiger partial charge in [0.2, 0.25) is 5.91 Å². The van der Waals surface area contributed by atoms with Gasteiger partial charge in [0.1, 0.15) is 11.5 Å². The third-order valence-electron chi connectivity index (χ3n) is 5.30. The van der Waals surface area contributed by atoms with E-state index in [-0.39, 0.29) is 24.6 Å². The van der Waals surface area contributed by atoms with E-state index in [1.54, 1.807) is 25.1 Å². The summed E-state index contributed by atoms with van der Waals surface area (Å²) < 4.78 is 6.64. The Kier molecular flexibility index (Phi) is 5.67. The van der Waals surface area contributed by atoms with E-state index in [9.17, 15) is 14.4 Å². The van der Waals surface area contributed by atoms with E-state index in [0.717, 1.165) is 29.7 Å². The fourth-order valence-corrected chi connectivity index (χ4v) is 5.26. The standard InChI is InChI=1S/C22H23N3O4S/c1-3-29-22(28)20-14-9-8-13(2)10-17(14)30-21(20)24-18(26)12-25-16-7-5-4-6-15(16)23-11-19(25)27/h4-7,11,13H,3,8-10,12H2,1-2H3,(H,24,26)/t13-/m0/s1. The number of fused-ring (bicyclic) bond motifs is 2. The molecule has 0 aliphatic heterocycles. The van der Waals surface area contributed by atoms with Gasteiger partial charge in [-0.3, -0.25) is 14.2 Å². The summed E-state index contributed by atoms with van der Waals surface area (Å²) in [6, 6.07) is 7.17. The molecule has 1 aliphatic rings. The molecule has 1 aliphatic carbocycles. The van der Waals surface area contributed by atoms with Crippen molar-refractivity contribution in [3.05, 3.63) is 56.8 Å². The van der Waals surface area contributed by atoms with Gasteiger partial charge in [-0.15, -0.1) is 11.3 Å². The summed E-state index contributed by atoms with van der Waals surface area (Å²) in [4.78, 5) is 43.0. The third-order valence-corrected chi connectivity index (χ3v) is 6.47. The van der Waals surface area contributed by atoms with Crippen LogP contribution in [0.1, 0.15) is 41.1 Å². The van der Waals surface area contributed by atoms with Crippen molar-refractivity contribution in [1.29, 1.82) is 0 Å². The predicted octanol–water partition coefficient (Wildman–Crippen LogP) is 3.40. The highest BCUT2D eigenvalue weighted by Crippen LogP contribution is 2.40. The van der Waals surface area contributed by atoms with Gasteiger partial charge in [-0.25, -0.2) is 9.78 Å². The minimum absolute atomic E-state index is 0.164. The van der Waals surface area contributed by atoms with Crippen LogP contribution in [0.25, 0.3) is 11.0 Å². The molecule has 0 fully saturated rings. The number of ether oxygens (including phenoxy) is 1. The van der Waals surface area contributed by atoms with Crippen LogP contribution >= 0.6 is 11.3 Å². The first-order valence-electron chi connectivity index (χ1n) is 10.0. The first-order valence-corrected chi connectivity index (χ1v) is 10.9. The van der Waals surface area contributed by atoms with Crippen LogP contribution in [0, 0.1) is 5.92 Å². The van der Waals surface area contributed by atoms with Crippen molar-refractivity contribution in [2.75, 3.05) is 11.9 Å². The molecule has 1 aromatic carbocycles. The lowest BCUT2D eigenvalue weighted by Gasteiger charge is -2.18. The Morgan fingerprint density at radius 2 is 2.13 bits per heavy atom. The van der Waals surface area contributed by atoms with Gasteiger partial charge in [0.25, 0.3) is 5.56 Å². The van der Waals surface area contributed by atoms with Gasteiger partial charge in [-0.1, -0.05) is 19.1 Å². The predicted molar refractivity (Wildman–Crippen MR) is 116 cm³/mol. The lowest BCUT2D eigenvalue weighted by atomic mass is 9.88. The molecule has 8 heteroatoms. The normalized spacial score (nSPS) is 15.6. The summed E-state index contributed by atoms with van der Waals surface area (Å²) >= 11 is 1.43. The van der Waals surface area contributed by atoms with Crippen molar-refractivity contribution in [1.82, 2.24) is 9.55 Å². The van der Waals surface area contributed by atoms with E-state index in [4.69, 9.17) is 4.74 Å². The molecule has 0 saturated carbocycles. The van der Waals surface area contributed by atoms with Crippen LogP contribution in [0.5, 0.6) is 0 Å². The maximum atomic E-state index is 12.9. The maximum absolute atomic E-state index is 12.9. The van der Waals surface area contributed by atoms with Crippen LogP contribution in [0.3, 0.4) is 0 Å². The number of benzene rings is 1. The van der Waals surface area contributed by atoms with Crippen molar-refractivity contribution in [3.63, 3.8) is 0 Å². The number of esters is 1. The number of nitrogens with one attached hydrogen (secondary N) is 1. The number of hydrogen-bond acceptors (Lipinski definition) is 6. The Hall–Kier alpha value is -3.00. The fourth-order valence-electron chi connectivity index (χ4n) is 3.85. The fraction of sp³-hybridized carbons (Fsp3) is 0.364. The number of carbonyl (C=O) groups is 2. The molecule has 0 radical (unpaired) electrons. The molecule has 0 bridgehead atoms. The Bertz CT molecular complexity index is 1180. The van der Waals surface area contributed by atoms with Gasteiger partial charge in [0, 0.05) is 4.88 Å². The highest BCUT2D eigenvalue weighted by atomic mass is 32.1. The molecule has 2 heterocycles. The summed E-state index contributed by atoms with van der Waals surface area (Å²) in [6.45, 7) is 4.05. The second-order valence-electron chi connectivity index (χ2n) is 7.50. The maximum Gasteiger partial charge on any atom is 0.341 e. The molecular weight excluding hydrogens is 402 g/mol. The average molecular weight is 426 g/mol. The molecular formula is C22H23N3O4S. The number of thiophene rings is 1. The number of para-hydroxylation sites is 2. The number of aromatic nitrogens is 2. The van der Waals surface area contributed by atoms with Gasteiger partial charge < -0.3 is 10.1 Å². The van der Waals surface area contributed by atoms with Crippen LogP contribution in [0.4, 0.5) is 5.00 Å². The number of nitrogens with zero attached hydrogens (tertiary/aromatic N) is 2. The van der Waals surface area contributed by atoms with Crippen molar-refractivity contribution >= 4 is 39.2 Å². The van der Waals surface area contributed by atoms with Gasteiger partial charge in [0.15, 0.2) is 0 Å². The Morgan fingerprint density at radius 1 is 1.33 bits per heavy atom. The summed E-state index contributed by atoms with van der Waals surface area (Å²) in [6.07, 6.45) is 3.90. The molecule has 0 saturated heterocycles. The Morgan fingerprint density at radius 3 is 2.93 bits per heavy atom. The van der Waals surface area contributed by atoms with Crippen molar-refractivity contribution in [3.8, 4) is 0 Å². The zero-order valence-corrected chi connectivity index (χ0v) is 17.8. The Balaban J connectivity index is 1.65. The molecule has 30 heavy (non-hydrogen) atoms. The van der Waals surface area contributed by atoms with Crippen molar-refractivity contribution in [2.24, 2.45) is 5.92 Å². The van der Waals surface area contributed by atoms with Crippen LogP contribution in [-0.2, 0) is 28.9 Å². The van der Waals surface area contributed by atoms with Crippen molar-refractivity contribution in [2.45, 2.75) is 39.7 Å². The SMILES string of the molecule is CCOC(=O)c1c(NC(=O)Cn2c(=O)cnc3ccccc32)sc2c1CC[C@H](C)C2. The molecule has 2 aromatic heterocycles. The molecule has 7 nitrogen and oxygen atoms in total. The second-order valence-corrected chi connectivity index (χ2v) is 8.60. The van der Waals surface area contributed by atoms with E-state index >= 15 is 0 Å². The van der Waals surface area contributed by atoms with E-state index in [1.807, 2.05) is 6.07 Å². The summed E-state index contributed by atoms with van der Waals surface area (Å²) in [5.74, 6) is -0.242. The van der Waals surface area contributed by atoms with Crippen molar-refractivity contribution < 1.29 is 14.3 Å². The topological polar surface area (TPSA) is 90.3 Å². The first kappa shape index (κ1) is 20.3. The number of hydrogen-bond donors (Lipinski definition) is 1. The van der Waals surface area contributed by atoms with E-state index in [2.05, 4.69) is 17.2 Å². The van der Waals surface area contributed by atoms with Crippen LogP contribution in [-0.4, -0.2) is 28.0 Å². The zero-order chi connectivity index (χ0) is 21.3. The second kappa shape index (κ2) is 8.39. The molecule has 4 rings (SSSR count). The lowest BCUT2D eigenvalue weighted by Crippen LogP contribution is -2.28. The third kappa shape index (κ3) is 3.87. The molecule has 0 unspecified atom stereocenters. The van der Waals surface area contributed by atoms with Gasteiger partial charge in [-0.2, -0.15) is 0 Å². The zero-order valence-electron chi connectivity index (χ0n) is 16.9. The largest absolute Gasteiger partial charge is 0.462 e. The summed E-state index contributed by atoms with van der Waals surface area (Å²) in [7, 11) is 0. The smallest absolute Gasteiger partial charge is 0.341 e. The van der Waals surface area contributed by atoms with E-state index in [0.29, 0.717) is 27.5 Å². The lowest BCUT2D eigenvalue weighted by molar-refractivity contribution is -0.116. The number of anilines is 1. The van der Waals surface area contributed by atoms with Crippen LogP contribution in [0.15, 0.2) is 35.3 Å². The molecule has 0 spiro atoms. The summed E-state index contributed by atoms with van der Waals surface area (Å²) in [5.41, 5.74) is 2.32. The number of rotatable bonds is 5. The minimum Gasteiger partial charge on any atom is -0.462 e. The van der Waals surface area contributed by atoms with Gasteiger partial charge in [-0.05, 0) is 49.8 Å². The molecule has 1 atom stereocenters. The van der Waals surface area contributed by atoms with Crippen LogP contribution < -0.4 is 10.9 Å². The van der Waals surface area contributed by atoms with Crippen LogP contribution in [0.2, 0.25) is 0 Å². The molecule has 156 valence electrons. The Labute approximate surface area is 177 Å².